The summed E-state index contributed by atoms with van der Waals surface area (Å²) in [5.41, 5.74) is 7.86. The SMILES string of the molecule is NC1CCn2cc(Cc3ccccc3O)nc2C1. The Morgan fingerprint density at radius 3 is 3.06 bits per heavy atom. The first-order valence-corrected chi connectivity index (χ1v) is 6.30. The van der Waals surface area contributed by atoms with Gasteiger partial charge < -0.3 is 15.4 Å². The molecule has 94 valence electrons. The van der Waals surface area contributed by atoms with Crippen LogP contribution in [0.3, 0.4) is 0 Å². The Hall–Kier alpha value is -1.81. The molecule has 0 spiro atoms. The minimum atomic E-state index is 0.234. The largest absolute Gasteiger partial charge is 0.508 e. The van der Waals surface area contributed by atoms with Crippen LogP contribution in [0.1, 0.15) is 23.5 Å². The van der Waals surface area contributed by atoms with E-state index >= 15 is 0 Å². The monoisotopic (exact) mass is 243 g/mol. The van der Waals surface area contributed by atoms with Crippen molar-refractivity contribution in [2.24, 2.45) is 5.73 Å². The molecule has 4 nitrogen and oxygen atoms in total. The quantitative estimate of drug-likeness (QED) is 0.839. The molecular formula is C14H17N3O. The summed E-state index contributed by atoms with van der Waals surface area (Å²) in [5, 5.41) is 9.76. The number of aromatic hydroxyl groups is 1. The summed E-state index contributed by atoms with van der Waals surface area (Å²) in [7, 11) is 0. The number of rotatable bonds is 2. The van der Waals surface area contributed by atoms with Crippen LogP contribution in [0.15, 0.2) is 30.5 Å². The van der Waals surface area contributed by atoms with Crippen molar-refractivity contribution in [3.63, 3.8) is 0 Å². The maximum Gasteiger partial charge on any atom is 0.119 e. The van der Waals surface area contributed by atoms with Gasteiger partial charge in [-0.25, -0.2) is 4.98 Å². The van der Waals surface area contributed by atoms with E-state index in [1.54, 1.807) is 6.07 Å². The van der Waals surface area contributed by atoms with Gasteiger partial charge in [0.25, 0.3) is 0 Å². The van der Waals surface area contributed by atoms with Crippen molar-refractivity contribution in [3.05, 3.63) is 47.5 Å². The van der Waals surface area contributed by atoms with E-state index in [1.807, 2.05) is 18.2 Å². The topological polar surface area (TPSA) is 64.1 Å². The van der Waals surface area contributed by atoms with Gasteiger partial charge in [-0.1, -0.05) is 18.2 Å². The second-order valence-corrected chi connectivity index (χ2v) is 4.90. The number of phenolic OH excluding ortho intramolecular Hbond substituents is 1. The second-order valence-electron chi connectivity index (χ2n) is 4.90. The molecular weight excluding hydrogens is 226 g/mol. The molecule has 0 saturated heterocycles. The third-order valence-corrected chi connectivity index (χ3v) is 3.46. The van der Waals surface area contributed by atoms with E-state index in [2.05, 4.69) is 15.7 Å². The molecule has 0 amide bonds. The summed E-state index contributed by atoms with van der Waals surface area (Å²) in [4.78, 5) is 4.61. The Kier molecular flexibility index (Phi) is 2.80. The van der Waals surface area contributed by atoms with E-state index in [1.165, 1.54) is 0 Å². The molecule has 1 aliphatic heterocycles. The number of hydrogen-bond donors (Lipinski definition) is 2. The highest BCUT2D eigenvalue weighted by molar-refractivity contribution is 5.34. The lowest BCUT2D eigenvalue weighted by Gasteiger charge is -2.18. The maximum absolute atomic E-state index is 9.76. The third kappa shape index (κ3) is 2.11. The van der Waals surface area contributed by atoms with E-state index in [0.717, 1.165) is 36.5 Å². The highest BCUT2D eigenvalue weighted by atomic mass is 16.3. The summed E-state index contributed by atoms with van der Waals surface area (Å²) < 4.78 is 2.18. The first-order valence-electron chi connectivity index (χ1n) is 6.30. The van der Waals surface area contributed by atoms with Gasteiger partial charge in [0.2, 0.25) is 0 Å². The van der Waals surface area contributed by atoms with E-state index in [-0.39, 0.29) is 6.04 Å². The standard InChI is InChI=1S/C14H17N3O/c15-11-5-6-17-9-12(16-14(17)8-11)7-10-3-1-2-4-13(10)18/h1-4,9,11,18H,5-8,15H2. The molecule has 0 saturated carbocycles. The predicted molar refractivity (Wildman–Crippen MR) is 69.4 cm³/mol. The van der Waals surface area contributed by atoms with Gasteiger partial charge in [-0.15, -0.1) is 0 Å². The van der Waals surface area contributed by atoms with Gasteiger partial charge in [0.15, 0.2) is 0 Å². The molecule has 1 aliphatic rings. The second kappa shape index (κ2) is 4.46. The minimum Gasteiger partial charge on any atom is -0.508 e. The number of nitrogens with zero attached hydrogens (tertiary/aromatic N) is 2. The van der Waals surface area contributed by atoms with Crippen molar-refractivity contribution in [1.82, 2.24) is 9.55 Å². The molecule has 1 aromatic heterocycles. The fourth-order valence-electron chi connectivity index (χ4n) is 2.45. The molecule has 1 aromatic carbocycles. The van der Waals surface area contributed by atoms with Crippen LogP contribution < -0.4 is 5.73 Å². The summed E-state index contributed by atoms with van der Waals surface area (Å²) in [5.74, 6) is 1.40. The van der Waals surface area contributed by atoms with Crippen molar-refractivity contribution in [1.29, 1.82) is 0 Å². The Labute approximate surface area is 106 Å². The summed E-state index contributed by atoms with van der Waals surface area (Å²) in [6, 6.07) is 7.63. The first kappa shape index (κ1) is 11.3. The first-order chi connectivity index (χ1) is 8.72. The lowest BCUT2D eigenvalue weighted by Crippen LogP contribution is -2.30. The molecule has 1 unspecified atom stereocenters. The van der Waals surface area contributed by atoms with Crippen molar-refractivity contribution in [2.75, 3.05) is 0 Å². The summed E-state index contributed by atoms with van der Waals surface area (Å²) in [6.45, 7) is 0.949. The van der Waals surface area contributed by atoms with Crippen molar-refractivity contribution >= 4 is 0 Å². The normalized spacial score (nSPS) is 18.6. The van der Waals surface area contributed by atoms with Gasteiger partial charge in [-0.05, 0) is 18.1 Å². The molecule has 18 heavy (non-hydrogen) atoms. The number of para-hydroxylation sites is 1. The minimum absolute atomic E-state index is 0.234. The molecule has 3 rings (SSSR count). The Bertz CT molecular complexity index is 562. The Morgan fingerprint density at radius 2 is 2.22 bits per heavy atom. The zero-order chi connectivity index (χ0) is 12.5. The maximum atomic E-state index is 9.76. The summed E-state index contributed by atoms with van der Waals surface area (Å²) >= 11 is 0. The van der Waals surface area contributed by atoms with Crippen LogP contribution in [-0.2, 0) is 19.4 Å². The zero-order valence-corrected chi connectivity index (χ0v) is 10.2. The van der Waals surface area contributed by atoms with Crippen LogP contribution in [0.25, 0.3) is 0 Å². The van der Waals surface area contributed by atoms with Crippen LogP contribution in [0.4, 0.5) is 0 Å². The van der Waals surface area contributed by atoms with Crippen molar-refractivity contribution in [3.8, 4) is 5.75 Å². The molecule has 0 bridgehead atoms. The van der Waals surface area contributed by atoms with E-state index in [0.29, 0.717) is 12.2 Å². The van der Waals surface area contributed by atoms with Crippen LogP contribution in [0, 0.1) is 0 Å². The number of hydrogen-bond acceptors (Lipinski definition) is 3. The molecule has 1 atom stereocenters. The number of aryl methyl sites for hydroxylation is 1. The summed E-state index contributed by atoms with van der Waals surface area (Å²) in [6.07, 6.45) is 4.61. The molecule has 2 aromatic rings. The molecule has 0 radical (unpaired) electrons. The zero-order valence-electron chi connectivity index (χ0n) is 10.2. The van der Waals surface area contributed by atoms with Crippen LogP contribution >= 0.6 is 0 Å². The van der Waals surface area contributed by atoms with Crippen LogP contribution in [-0.4, -0.2) is 20.7 Å². The Balaban J connectivity index is 1.84. The van der Waals surface area contributed by atoms with Gasteiger partial charge in [-0.3, -0.25) is 0 Å². The number of benzene rings is 1. The Morgan fingerprint density at radius 1 is 1.39 bits per heavy atom. The third-order valence-electron chi connectivity index (χ3n) is 3.46. The molecule has 2 heterocycles. The van der Waals surface area contributed by atoms with E-state index in [9.17, 15) is 5.11 Å². The van der Waals surface area contributed by atoms with Crippen LogP contribution in [0.5, 0.6) is 5.75 Å². The number of nitrogens with two attached hydrogens (primary N) is 1. The number of aromatic nitrogens is 2. The van der Waals surface area contributed by atoms with Gasteiger partial charge in [0.05, 0.1) is 5.69 Å². The average molecular weight is 243 g/mol. The van der Waals surface area contributed by atoms with Gasteiger partial charge in [-0.2, -0.15) is 0 Å². The lowest BCUT2D eigenvalue weighted by atomic mass is 10.1. The molecule has 0 fully saturated rings. The molecule has 4 heteroatoms. The number of fused-ring (bicyclic) bond motifs is 1. The number of phenols is 1. The van der Waals surface area contributed by atoms with Gasteiger partial charge in [0.1, 0.15) is 11.6 Å². The van der Waals surface area contributed by atoms with E-state index < -0.39 is 0 Å². The lowest BCUT2D eigenvalue weighted by molar-refractivity contribution is 0.463. The van der Waals surface area contributed by atoms with Crippen molar-refractivity contribution in [2.45, 2.75) is 31.8 Å². The highest BCUT2D eigenvalue weighted by Gasteiger charge is 2.18. The fourth-order valence-corrected chi connectivity index (χ4v) is 2.45. The van der Waals surface area contributed by atoms with Crippen molar-refractivity contribution < 1.29 is 5.11 Å². The molecule has 3 N–H and O–H groups in total. The fraction of sp³-hybridized carbons (Fsp3) is 0.357. The van der Waals surface area contributed by atoms with Gasteiger partial charge >= 0.3 is 0 Å². The smallest absolute Gasteiger partial charge is 0.119 e. The predicted octanol–water partition coefficient (Wildman–Crippen LogP) is 1.45. The van der Waals surface area contributed by atoms with E-state index in [4.69, 9.17) is 5.73 Å². The molecule has 0 aliphatic carbocycles. The average Bonchev–Trinajstić information content (AvgIpc) is 2.73. The van der Waals surface area contributed by atoms with Gasteiger partial charge in [0, 0.05) is 31.6 Å². The highest BCUT2D eigenvalue weighted by Crippen LogP contribution is 2.21. The van der Waals surface area contributed by atoms with Crippen LogP contribution in [0.2, 0.25) is 0 Å². The number of imidazole rings is 1.